The lowest BCUT2D eigenvalue weighted by Crippen LogP contribution is -2.48. The maximum absolute atomic E-state index is 13.1. The van der Waals surface area contributed by atoms with Crippen LogP contribution in [0.2, 0.25) is 0 Å². The zero-order valence-electron chi connectivity index (χ0n) is 18.9. The maximum Gasteiger partial charge on any atom is 0.247 e. The molecule has 1 aromatic carbocycles. The molecule has 0 bridgehead atoms. The van der Waals surface area contributed by atoms with Gasteiger partial charge in [-0.1, -0.05) is 12.2 Å². The summed E-state index contributed by atoms with van der Waals surface area (Å²) in [6.45, 7) is 1.17. The van der Waals surface area contributed by atoms with E-state index >= 15 is 0 Å². The van der Waals surface area contributed by atoms with E-state index in [-0.39, 0.29) is 30.2 Å². The Morgan fingerprint density at radius 2 is 1.94 bits per heavy atom. The lowest BCUT2D eigenvalue weighted by atomic mass is 9.76. The number of aryl methyl sites for hydroxylation is 1. The molecule has 2 amide bonds. The predicted molar refractivity (Wildman–Crippen MR) is 123 cm³/mol. The van der Waals surface area contributed by atoms with Crippen molar-refractivity contribution in [1.29, 1.82) is 0 Å². The van der Waals surface area contributed by atoms with Crippen molar-refractivity contribution in [1.82, 2.24) is 19.9 Å². The van der Waals surface area contributed by atoms with Gasteiger partial charge in [-0.25, -0.2) is 9.99 Å². The number of carbonyl (C=O) groups excluding carboxylic acids is 2. The number of benzene rings is 1. The second-order valence-electron chi connectivity index (χ2n) is 8.11. The van der Waals surface area contributed by atoms with E-state index in [0.29, 0.717) is 24.5 Å². The van der Waals surface area contributed by atoms with Crippen LogP contribution in [0.3, 0.4) is 0 Å². The molecule has 9 heteroatoms. The standard InChI is InChI=1S/C24H29N5O4/c1-32-20-9-8-17(14-21(20)33-2)23-18-6-3-4-7-19(18)24(31)29(27-23)15-22(30)26-10-5-12-28-13-11-25-16-28/h3-4,8-9,11,13-14,16,18-19H,5-7,10,12,15H2,1-2H3,(H,26,30)/t18-,19+/m0/s1. The van der Waals surface area contributed by atoms with Crippen molar-refractivity contribution in [3.8, 4) is 11.5 Å². The molecule has 174 valence electrons. The number of allylic oxidation sites excluding steroid dienone is 2. The highest BCUT2D eigenvalue weighted by atomic mass is 16.5. The van der Waals surface area contributed by atoms with Crippen molar-refractivity contribution in [3.63, 3.8) is 0 Å². The molecule has 9 nitrogen and oxygen atoms in total. The Morgan fingerprint density at radius 1 is 1.15 bits per heavy atom. The highest BCUT2D eigenvalue weighted by molar-refractivity contribution is 6.07. The number of nitrogens with one attached hydrogen (secondary N) is 1. The zero-order valence-corrected chi connectivity index (χ0v) is 18.9. The molecular formula is C24H29N5O4. The summed E-state index contributed by atoms with van der Waals surface area (Å²) in [6.07, 6.45) is 11.6. The average molecular weight is 452 g/mol. The molecule has 33 heavy (non-hydrogen) atoms. The van der Waals surface area contributed by atoms with E-state index in [1.54, 1.807) is 26.7 Å². The number of hydrazone groups is 1. The van der Waals surface area contributed by atoms with Gasteiger partial charge in [-0.05, 0) is 37.5 Å². The first-order valence-electron chi connectivity index (χ1n) is 11.1. The van der Waals surface area contributed by atoms with Crippen LogP contribution in [0.5, 0.6) is 11.5 Å². The fourth-order valence-electron chi connectivity index (χ4n) is 4.32. The molecule has 2 aromatic rings. The number of hydrogen-bond acceptors (Lipinski definition) is 6. The molecule has 1 aromatic heterocycles. The highest BCUT2D eigenvalue weighted by Gasteiger charge is 2.40. The summed E-state index contributed by atoms with van der Waals surface area (Å²) in [4.78, 5) is 29.7. The van der Waals surface area contributed by atoms with Crippen molar-refractivity contribution < 1.29 is 19.1 Å². The fourth-order valence-corrected chi connectivity index (χ4v) is 4.32. The average Bonchev–Trinajstić information content (AvgIpc) is 3.37. The monoisotopic (exact) mass is 451 g/mol. The number of ether oxygens (including phenoxy) is 2. The molecule has 0 unspecified atom stereocenters. The fraction of sp³-hybridized carbons (Fsp3) is 0.417. The minimum Gasteiger partial charge on any atom is -0.493 e. The van der Waals surface area contributed by atoms with Crippen LogP contribution in [0.1, 0.15) is 24.8 Å². The van der Waals surface area contributed by atoms with Crippen LogP contribution >= 0.6 is 0 Å². The number of hydrogen-bond donors (Lipinski definition) is 1. The normalized spacial score (nSPS) is 19.6. The van der Waals surface area contributed by atoms with Gasteiger partial charge in [0, 0.05) is 37.0 Å². The van der Waals surface area contributed by atoms with Gasteiger partial charge in [0.05, 0.1) is 32.2 Å². The lowest BCUT2D eigenvalue weighted by Gasteiger charge is -2.36. The summed E-state index contributed by atoms with van der Waals surface area (Å²) in [5.74, 6) is 0.622. The summed E-state index contributed by atoms with van der Waals surface area (Å²) < 4.78 is 12.8. The smallest absolute Gasteiger partial charge is 0.247 e. The van der Waals surface area contributed by atoms with E-state index in [9.17, 15) is 9.59 Å². The summed E-state index contributed by atoms with van der Waals surface area (Å²) in [5, 5.41) is 8.86. The first-order valence-corrected chi connectivity index (χ1v) is 11.1. The molecule has 0 spiro atoms. The molecule has 2 aliphatic rings. The molecule has 1 N–H and O–H groups in total. The van der Waals surface area contributed by atoms with E-state index in [2.05, 4.69) is 21.5 Å². The van der Waals surface area contributed by atoms with E-state index < -0.39 is 0 Å². The van der Waals surface area contributed by atoms with Gasteiger partial charge in [-0.3, -0.25) is 9.59 Å². The number of fused-ring (bicyclic) bond motifs is 1. The lowest BCUT2D eigenvalue weighted by molar-refractivity contribution is -0.141. The number of carbonyl (C=O) groups is 2. The summed E-state index contributed by atoms with van der Waals surface area (Å²) in [6, 6.07) is 5.62. The van der Waals surface area contributed by atoms with E-state index in [1.807, 2.05) is 35.0 Å². The Hall–Kier alpha value is -3.62. The molecule has 0 radical (unpaired) electrons. The Bertz CT molecular complexity index is 1050. The van der Waals surface area contributed by atoms with Crippen LogP contribution in [0.4, 0.5) is 0 Å². The number of imidazole rings is 1. The Balaban J connectivity index is 1.48. The third-order valence-corrected chi connectivity index (χ3v) is 6.03. The summed E-state index contributed by atoms with van der Waals surface area (Å²) in [5.41, 5.74) is 1.65. The second-order valence-corrected chi connectivity index (χ2v) is 8.11. The van der Waals surface area contributed by atoms with Crippen molar-refractivity contribution in [2.45, 2.75) is 25.8 Å². The van der Waals surface area contributed by atoms with Gasteiger partial charge in [-0.15, -0.1) is 0 Å². The van der Waals surface area contributed by atoms with Gasteiger partial charge in [0.1, 0.15) is 6.54 Å². The van der Waals surface area contributed by atoms with Crippen LogP contribution in [-0.2, 0) is 16.1 Å². The minimum absolute atomic E-state index is 0.0323. The number of nitrogens with zero attached hydrogens (tertiary/aromatic N) is 4. The van der Waals surface area contributed by atoms with Crippen molar-refractivity contribution in [2.75, 3.05) is 27.3 Å². The molecule has 2 heterocycles. The summed E-state index contributed by atoms with van der Waals surface area (Å²) in [7, 11) is 3.18. The molecular weight excluding hydrogens is 422 g/mol. The molecule has 1 aliphatic carbocycles. The van der Waals surface area contributed by atoms with Gasteiger partial charge in [0.2, 0.25) is 11.8 Å². The van der Waals surface area contributed by atoms with Gasteiger partial charge in [0.25, 0.3) is 0 Å². The summed E-state index contributed by atoms with van der Waals surface area (Å²) >= 11 is 0. The van der Waals surface area contributed by atoms with E-state index in [1.165, 1.54) is 5.01 Å². The first kappa shape index (κ1) is 22.6. The van der Waals surface area contributed by atoms with Gasteiger partial charge >= 0.3 is 0 Å². The third-order valence-electron chi connectivity index (χ3n) is 6.03. The number of aromatic nitrogens is 2. The molecule has 0 fully saturated rings. The highest BCUT2D eigenvalue weighted by Crippen LogP contribution is 2.36. The van der Waals surface area contributed by atoms with Crippen LogP contribution in [0.25, 0.3) is 0 Å². The third kappa shape index (κ3) is 5.08. The molecule has 1 aliphatic heterocycles. The minimum atomic E-state index is -0.232. The molecule has 2 atom stereocenters. The Kier molecular flexibility index (Phi) is 7.07. The SMILES string of the molecule is COc1ccc(C2=NN(CC(=O)NCCCn3ccnc3)C(=O)[C@@H]3CC=CC[C@H]23)cc1OC. The molecule has 4 rings (SSSR count). The second kappa shape index (κ2) is 10.3. The first-order chi connectivity index (χ1) is 16.1. The largest absolute Gasteiger partial charge is 0.493 e. The van der Waals surface area contributed by atoms with E-state index in [4.69, 9.17) is 9.47 Å². The Morgan fingerprint density at radius 3 is 2.67 bits per heavy atom. The van der Waals surface area contributed by atoms with Crippen LogP contribution in [0.15, 0.2) is 54.2 Å². The quantitative estimate of drug-likeness (QED) is 0.466. The number of methoxy groups -OCH3 is 2. The van der Waals surface area contributed by atoms with Crippen LogP contribution in [0, 0.1) is 11.8 Å². The van der Waals surface area contributed by atoms with Gasteiger partial charge in [0.15, 0.2) is 11.5 Å². The topological polar surface area (TPSA) is 98.0 Å². The molecule has 0 saturated carbocycles. The van der Waals surface area contributed by atoms with Crippen molar-refractivity contribution >= 4 is 17.5 Å². The van der Waals surface area contributed by atoms with Crippen molar-refractivity contribution in [2.24, 2.45) is 16.9 Å². The van der Waals surface area contributed by atoms with Crippen LogP contribution in [-0.4, -0.2) is 59.4 Å². The van der Waals surface area contributed by atoms with Crippen molar-refractivity contribution in [3.05, 3.63) is 54.6 Å². The predicted octanol–water partition coefficient (Wildman–Crippen LogP) is 2.24. The molecule has 0 saturated heterocycles. The van der Waals surface area contributed by atoms with Gasteiger partial charge in [-0.2, -0.15) is 5.10 Å². The maximum atomic E-state index is 13.1. The number of amides is 2. The van der Waals surface area contributed by atoms with Crippen LogP contribution < -0.4 is 14.8 Å². The number of rotatable bonds is 9. The zero-order chi connectivity index (χ0) is 23.2. The van der Waals surface area contributed by atoms with E-state index in [0.717, 1.165) is 30.7 Å². The Labute approximate surface area is 193 Å². The van der Waals surface area contributed by atoms with Gasteiger partial charge < -0.3 is 19.4 Å².